The molecule has 0 bridgehead atoms. The molecule has 1 aliphatic heterocycles. The van der Waals surface area contributed by atoms with Crippen molar-refractivity contribution >= 4 is 23.5 Å². The van der Waals surface area contributed by atoms with Gasteiger partial charge < -0.3 is 10.1 Å². The number of carbonyl (C=O) groups excluding carboxylic acids is 1. The van der Waals surface area contributed by atoms with E-state index in [0.717, 1.165) is 11.3 Å². The number of allylic oxidation sites excluding steroid dienone is 2. The Morgan fingerprint density at radius 3 is 3.11 bits per heavy atom. The lowest BCUT2D eigenvalue weighted by molar-refractivity contribution is -0.112. The topological polar surface area (TPSA) is 51.2 Å². The van der Waals surface area contributed by atoms with Gasteiger partial charge in [0.2, 0.25) is 5.88 Å². The molecule has 19 heavy (non-hydrogen) atoms. The number of aromatic nitrogens is 1. The first-order valence-corrected chi connectivity index (χ1v) is 6.96. The fourth-order valence-corrected chi connectivity index (χ4v) is 3.34. The second-order valence-corrected chi connectivity index (χ2v) is 5.79. The van der Waals surface area contributed by atoms with Crippen molar-refractivity contribution in [2.45, 2.75) is 18.6 Å². The van der Waals surface area contributed by atoms with Gasteiger partial charge in [-0.05, 0) is 31.1 Å². The molecule has 1 aromatic heterocycles. The zero-order chi connectivity index (χ0) is 13.4. The lowest BCUT2D eigenvalue weighted by Crippen LogP contribution is -2.15. The van der Waals surface area contributed by atoms with E-state index in [4.69, 9.17) is 4.74 Å². The van der Waals surface area contributed by atoms with E-state index < -0.39 is 0 Å². The van der Waals surface area contributed by atoms with Crippen LogP contribution in [0, 0.1) is 0 Å². The van der Waals surface area contributed by atoms with Gasteiger partial charge in [0, 0.05) is 11.3 Å². The second-order valence-electron chi connectivity index (χ2n) is 4.55. The number of ether oxygens (including phenoxy) is 1. The maximum atomic E-state index is 12.2. The molecule has 1 saturated carbocycles. The average molecular weight is 274 g/mol. The van der Waals surface area contributed by atoms with Crippen molar-refractivity contribution in [3.63, 3.8) is 0 Å². The van der Waals surface area contributed by atoms with Crippen LogP contribution in [0.2, 0.25) is 0 Å². The number of rotatable bonds is 3. The standard InChI is InChI=1S/C14H14N2O2S/c1-8-6-11(19-10-7-9(8)10)14(17)16-12-4-3-5-13(15-12)18-2/h3-6,10H,7H2,1-2H3,(H,15,16,17). The molecule has 1 N–H and O–H groups in total. The molecule has 0 aromatic carbocycles. The summed E-state index contributed by atoms with van der Waals surface area (Å²) in [5.74, 6) is 0.897. The van der Waals surface area contributed by atoms with Crippen molar-refractivity contribution in [2.75, 3.05) is 12.4 Å². The summed E-state index contributed by atoms with van der Waals surface area (Å²) in [6.07, 6.45) is 3.07. The van der Waals surface area contributed by atoms with Gasteiger partial charge in [-0.1, -0.05) is 11.6 Å². The van der Waals surface area contributed by atoms with E-state index in [9.17, 15) is 4.79 Å². The fourth-order valence-electron chi connectivity index (χ4n) is 2.04. The molecule has 98 valence electrons. The summed E-state index contributed by atoms with van der Waals surface area (Å²) in [5.41, 5.74) is 2.70. The maximum absolute atomic E-state index is 12.2. The van der Waals surface area contributed by atoms with Crippen LogP contribution in [0.15, 0.2) is 40.3 Å². The van der Waals surface area contributed by atoms with Crippen molar-refractivity contribution in [3.05, 3.63) is 40.3 Å². The predicted octanol–water partition coefficient (Wildman–Crippen LogP) is 2.75. The van der Waals surface area contributed by atoms with Gasteiger partial charge in [-0.2, -0.15) is 4.98 Å². The Kier molecular flexibility index (Phi) is 3.06. The normalized spacial score (nSPS) is 20.5. The van der Waals surface area contributed by atoms with Crippen LogP contribution in [0.5, 0.6) is 5.88 Å². The Morgan fingerprint density at radius 1 is 1.53 bits per heavy atom. The number of hydrogen-bond acceptors (Lipinski definition) is 4. The molecule has 4 nitrogen and oxygen atoms in total. The van der Waals surface area contributed by atoms with Gasteiger partial charge in [0.05, 0.1) is 12.0 Å². The average Bonchev–Trinajstić information content (AvgIpc) is 3.19. The minimum atomic E-state index is -0.101. The largest absolute Gasteiger partial charge is 0.481 e. The zero-order valence-corrected chi connectivity index (χ0v) is 11.6. The van der Waals surface area contributed by atoms with Crippen LogP contribution in [0.4, 0.5) is 5.82 Å². The Morgan fingerprint density at radius 2 is 2.37 bits per heavy atom. The molecule has 2 aliphatic rings. The van der Waals surface area contributed by atoms with Crippen LogP contribution in [0.3, 0.4) is 0 Å². The van der Waals surface area contributed by atoms with Crippen molar-refractivity contribution in [1.29, 1.82) is 0 Å². The molecule has 1 fully saturated rings. The number of nitrogens with one attached hydrogen (secondary N) is 1. The van der Waals surface area contributed by atoms with Gasteiger partial charge in [-0.15, -0.1) is 11.8 Å². The van der Waals surface area contributed by atoms with Gasteiger partial charge in [0.15, 0.2) is 0 Å². The summed E-state index contributed by atoms with van der Waals surface area (Å²) >= 11 is 1.63. The number of hydrogen-bond donors (Lipinski definition) is 1. The lowest BCUT2D eigenvalue weighted by atomic mass is 10.2. The highest BCUT2D eigenvalue weighted by Gasteiger charge is 2.37. The highest BCUT2D eigenvalue weighted by molar-refractivity contribution is 8.05. The molecule has 0 radical (unpaired) electrons. The first-order valence-electron chi connectivity index (χ1n) is 6.08. The molecule has 1 amide bonds. The van der Waals surface area contributed by atoms with Crippen molar-refractivity contribution in [2.24, 2.45) is 0 Å². The smallest absolute Gasteiger partial charge is 0.263 e. The quantitative estimate of drug-likeness (QED) is 0.920. The van der Waals surface area contributed by atoms with E-state index >= 15 is 0 Å². The number of methoxy groups -OCH3 is 1. The predicted molar refractivity (Wildman–Crippen MR) is 76.2 cm³/mol. The number of thioether (sulfide) groups is 1. The van der Waals surface area contributed by atoms with Crippen molar-refractivity contribution < 1.29 is 9.53 Å². The van der Waals surface area contributed by atoms with Crippen LogP contribution in [0.25, 0.3) is 0 Å². The first-order chi connectivity index (χ1) is 9.17. The van der Waals surface area contributed by atoms with Crippen LogP contribution < -0.4 is 10.1 Å². The summed E-state index contributed by atoms with van der Waals surface area (Å²) in [5, 5.41) is 3.32. The number of amides is 1. The fraction of sp³-hybridized carbons (Fsp3) is 0.286. The summed E-state index contributed by atoms with van der Waals surface area (Å²) in [6.45, 7) is 2.06. The van der Waals surface area contributed by atoms with Gasteiger partial charge in [0.25, 0.3) is 5.91 Å². The van der Waals surface area contributed by atoms with E-state index in [2.05, 4.69) is 17.2 Å². The van der Waals surface area contributed by atoms with Crippen molar-refractivity contribution in [1.82, 2.24) is 4.98 Å². The molecule has 1 aromatic rings. The SMILES string of the molecule is COc1cccc(NC(=O)C2=CC(C)=C3CC3S2)n1. The number of pyridine rings is 1. The molecule has 5 heteroatoms. The van der Waals surface area contributed by atoms with Gasteiger partial charge in [-0.25, -0.2) is 0 Å². The molecule has 1 aliphatic carbocycles. The Bertz CT molecular complexity index is 607. The molecule has 0 spiro atoms. The van der Waals surface area contributed by atoms with E-state index in [-0.39, 0.29) is 5.91 Å². The third-order valence-corrected chi connectivity index (χ3v) is 4.45. The van der Waals surface area contributed by atoms with Gasteiger partial charge in [-0.3, -0.25) is 4.79 Å². The second kappa shape index (κ2) is 4.74. The molecule has 1 atom stereocenters. The van der Waals surface area contributed by atoms with Crippen LogP contribution in [-0.4, -0.2) is 23.3 Å². The lowest BCUT2D eigenvalue weighted by Gasteiger charge is -2.11. The number of carbonyl (C=O) groups is 1. The number of anilines is 1. The van der Waals surface area contributed by atoms with Crippen LogP contribution in [0.1, 0.15) is 13.3 Å². The van der Waals surface area contributed by atoms with Crippen LogP contribution >= 0.6 is 11.8 Å². The minimum Gasteiger partial charge on any atom is -0.481 e. The summed E-state index contributed by atoms with van der Waals surface area (Å²) in [7, 11) is 1.55. The third-order valence-electron chi connectivity index (χ3n) is 3.16. The Labute approximate surface area is 115 Å². The van der Waals surface area contributed by atoms with Crippen molar-refractivity contribution in [3.8, 4) is 5.88 Å². The summed E-state index contributed by atoms with van der Waals surface area (Å²) in [6, 6.07) is 5.29. The maximum Gasteiger partial charge on any atom is 0.263 e. The Balaban J connectivity index is 1.73. The van der Waals surface area contributed by atoms with E-state index in [1.807, 2.05) is 6.08 Å². The van der Waals surface area contributed by atoms with Gasteiger partial charge in [0.1, 0.15) is 5.82 Å². The highest BCUT2D eigenvalue weighted by atomic mass is 32.2. The third kappa shape index (κ3) is 2.51. The summed E-state index contributed by atoms with van der Waals surface area (Å²) in [4.78, 5) is 17.1. The highest BCUT2D eigenvalue weighted by Crippen LogP contribution is 2.50. The number of nitrogens with zero attached hydrogens (tertiary/aromatic N) is 1. The molecule has 1 unspecified atom stereocenters. The first kappa shape index (κ1) is 12.3. The number of fused-ring (bicyclic) bond motifs is 1. The molecule has 0 saturated heterocycles. The van der Waals surface area contributed by atoms with E-state index in [1.54, 1.807) is 37.1 Å². The monoisotopic (exact) mass is 274 g/mol. The zero-order valence-electron chi connectivity index (χ0n) is 10.8. The van der Waals surface area contributed by atoms with E-state index in [0.29, 0.717) is 16.9 Å². The van der Waals surface area contributed by atoms with E-state index in [1.165, 1.54) is 11.1 Å². The molecular weight excluding hydrogens is 260 g/mol. The van der Waals surface area contributed by atoms with Gasteiger partial charge >= 0.3 is 0 Å². The molecular formula is C14H14N2O2S. The molecule has 3 rings (SSSR count). The minimum absolute atomic E-state index is 0.101. The van der Waals surface area contributed by atoms with Crippen LogP contribution in [-0.2, 0) is 4.79 Å². The Hall–Kier alpha value is -1.75. The molecule has 2 heterocycles. The summed E-state index contributed by atoms with van der Waals surface area (Å²) < 4.78 is 5.03.